The van der Waals surface area contributed by atoms with Crippen LogP contribution in [0.1, 0.15) is 19.3 Å². The average Bonchev–Trinajstić information content (AvgIpc) is 3.30. The molecule has 2 aliphatic heterocycles. The fourth-order valence-corrected chi connectivity index (χ4v) is 3.89. The van der Waals surface area contributed by atoms with Gasteiger partial charge in [-0.3, -0.25) is 4.79 Å². The van der Waals surface area contributed by atoms with Gasteiger partial charge in [-0.1, -0.05) is 0 Å². The molecule has 0 saturated carbocycles. The third-order valence-electron chi connectivity index (χ3n) is 5.40. The normalized spacial score (nSPS) is 21.3. The van der Waals surface area contributed by atoms with Gasteiger partial charge in [0.25, 0.3) is 0 Å². The van der Waals surface area contributed by atoms with E-state index in [0.29, 0.717) is 12.4 Å². The van der Waals surface area contributed by atoms with Gasteiger partial charge in [-0.05, 0) is 12.8 Å². The first-order valence-corrected chi connectivity index (χ1v) is 9.01. The molecular weight excluding hydrogens is 350 g/mol. The number of nitrogens with zero attached hydrogens (tertiary/aromatic N) is 5. The number of carbonyl (C=O) groups excluding carboxylic acids is 1. The van der Waals surface area contributed by atoms with Crippen molar-refractivity contribution in [3.05, 3.63) is 24.8 Å². The minimum Gasteiger partial charge on any atom is -0.481 e. The number of hydrogen-bond acceptors (Lipinski definition) is 8. The van der Waals surface area contributed by atoms with Crippen molar-refractivity contribution in [1.29, 1.82) is 0 Å². The molecule has 1 unspecified atom stereocenters. The SMILES string of the molecule is COc1cc(N2CCC3(CC2)CC(Cn2ccnc2)OC3=O)nc(OC)n1. The lowest BCUT2D eigenvalue weighted by atomic mass is 9.76. The van der Waals surface area contributed by atoms with Gasteiger partial charge in [0.05, 0.1) is 32.5 Å². The summed E-state index contributed by atoms with van der Waals surface area (Å²) in [5, 5.41) is 0. The first-order chi connectivity index (χ1) is 13.1. The predicted molar refractivity (Wildman–Crippen MR) is 95.7 cm³/mol. The lowest BCUT2D eigenvalue weighted by molar-refractivity contribution is -0.150. The molecule has 2 aromatic heterocycles. The van der Waals surface area contributed by atoms with Crippen LogP contribution < -0.4 is 14.4 Å². The second-order valence-electron chi connectivity index (χ2n) is 7.01. The van der Waals surface area contributed by atoms with Crippen molar-refractivity contribution in [3.63, 3.8) is 0 Å². The maximum absolute atomic E-state index is 12.6. The van der Waals surface area contributed by atoms with Crippen molar-refractivity contribution < 1.29 is 19.0 Å². The van der Waals surface area contributed by atoms with E-state index in [1.165, 1.54) is 7.11 Å². The minimum atomic E-state index is -0.400. The molecule has 0 amide bonds. The first-order valence-electron chi connectivity index (χ1n) is 9.01. The van der Waals surface area contributed by atoms with Crippen molar-refractivity contribution in [2.45, 2.75) is 31.9 Å². The summed E-state index contributed by atoms with van der Waals surface area (Å²) < 4.78 is 18.0. The molecule has 2 fully saturated rings. The van der Waals surface area contributed by atoms with Gasteiger partial charge >= 0.3 is 12.0 Å². The Morgan fingerprint density at radius 3 is 2.74 bits per heavy atom. The summed E-state index contributed by atoms with van der Waals surface area (Å²) in [5.74, 6) is 1.12. The summed E-state index contributed by atoms with van der Waals surface area (Å²) in [6.45, 7) is 2.09. The number of piperidine rings is 1. The Morgan fingerprint density at radius 1 is 1.26 bits per heavy atom. The molecule has 1 atom stereocenters. The Morgan fingerprint density at radius 2 is 2.07 bits per heavy atom. The van der Waals surface area contributed by atoms with E-state index in [9.17, 15) is 4.79 Å². The number of carbonyl (C=O) groups is 1. The van der Waals surface area contributed by atoms with Crippen LogP contribution in [0, 0.1) is 5.41 Å². The highest BCUT2D eigenvalue weighted by Crippen LogP contribution is 2.44. The highest BCUT2D eigenvalue weighted by atomic mass is 16.6. The Labute approximate surface area is 157 Å². The quantitative estimate of drug-likeness (QED) is 0.724. The molecule has 0 bridgehead atoms. The van der Waals surface area contributed by atoms with Gasteiger partial charge in [0.15, 0.2) is 0 Å². The smallest absolute Gasteiger partial charge is 0.321 e. The predicted octanol–water partition coefficient (Wildman–Crippen LogP) is 1.29. The van der Waals surface area contributed by atoms with Crippen molar-refractivity contribution in [3.8, 4) is 11.9 Å². The van der Waals surface area contributed by atoms with Gasteiger partial charge in [-0.15, -0.1) is 0 Å². The van der Waals surface area contributed by atoms with E-state index in [0.717, 1.165) is 38.2 Å². The average molecular weight is 373 g/mol. The molecule has 0 radical (unpaired) electrons. The van der Waals surface area contributed by atoms with Crippen molar-refractivity contribution in [2.75, 3.05) is 32.2 Å². The number of anilines is 1. The molecule has 2 saturated heterocycles. The lowest BCUT2D eigenvalue weighted by Crippen LogP contribution is -2.43. The van der Waals surface area contributed by atoms with Gasteiger partial charge < -0.3 is 23.7 Å². The van der Waals surface area contributed by atoms with Crippen molar-refractivity contribution in [2.24, 2.45) is 5.41 Å². The third kappa shape index (κ3) is 3.41. The molecule has 0 N–H and O–H groups in total. The van der Waals surface area contributed by atoms with Gasteiger partial charge in [0, 0.05) is 38.0 Å². The molecule has 144 valence electrons. The summed E-state index contributed by atoms with van der Waals surface area (Å²) in [5.41, 5.74) is -0.400. The van der Waals surface area contributed by atoms with Crippen molar-refractivity contribution in [1.82, 2.24) is 19.5 Å². The van der Waals surface area contributed by atoms with E-state index in [4.69, 9.17) is 14.2 Å². The molecule has 9 heteroatoms. The highest BCUT2D eigenvalue weighted by Gasteiger charge is 2.50. The van der Waals surface area contributed by atoms with Crippen LogP contribution in [0.2, 0.25) is 0 Å². The Hall–Kier alpha value is -2.84. The zero-order chi connectivity index (χ0) is 18.9. The second-order valence-corrected chi connectivity index (χ2v) is 7.01. The van der Waals surface area contributed by atoms with Crippen LogP contribution in [0.25, 0.3) is 0 Å². The first kappa shape index (κ1) is 17.6. The third-order valence-corrected chi connectivity index (χ3v) is 5.40. The van der Waals surface area contributed by atoms with Crippen LogP contribution in [0.4, 0.5) is 5.82 Å². The van der Waals surface area contributed by atoms with Gasteiger partial charge in [0.2, 0.25) is 5.88 Å². The molecule has 9 nitrogen and oxygen atoms in total. The summed E-state index contributed by atoms with van der Waals surface area (Å²) in [7, 11) is 3.09. The molecule has 0 aromatic carbocycles. The fraction of sp³-hybridized carbons (Fsp3) is 0.556. The van der Waals surface area contributed by atoms with E-state index in [-0.39, 0.29) is 18.1 Å². The topological polar surface area (TPSA) is 91.6 Å². The number of esters is 1. The largest absolute Gasteiger partial charge is 0.481 e. The van der Waals surface area contributed by atoms with E-state index in [1.807, 2.05) is 10.8 Å². The maximum Gasteiger partial charge on any atom is 0.321 e. The molecule has 27 heavy (non-hydrogen) atoms. The molecular formula is C18H23N5O4. The number of ether oxygens (including phenoxy) is 3. The van der Waals surface area contributed by atoms with Crippen LogP contribution in [-0.2, 0) is 16.1 Å². The zero-order valence-corrected chi connectivity index (χ0v) is 15.5. The van der Waals surface area contributed by atoms with E-state index >= 15 is 0 Å². The monoisotopic (exact) mass is 373 g/mol. The number of rotatable bonds is 5. The minimum absolute atomic E-state index is 0.0786. The summed E-state index contributed by atoms with van der Waals surface area (Å²) in [4.78, 5) is 27.3. The summed E-state index contributed by atoms with van der Waals surface area (Å²) >= 11 is 0. The fourth-order valence-electron chi connectivity index (χ4n) is 3.89. The van der Waals surface area contributed by atoms with Gasteiger partial charge in [0.1, 0.15) is 11.9 Å². The van der Waals surface area contributed by atoms with Crippen LogP contribution >= 0.6 is 0 Å². The van der Waals surface area contributed by atoms with Gasteiger partial charge in [-0.25, -0.2) is 4.98 Å². The maximum atomic E-state index is 12.6. The Kier molecular flexibility index (Phi) is 4.59. The number of hydrogen-bond donors (Lipinski definition) is 0. The second kappa shape index (κ2) is 7.05. The number of aromatic nitrogens is 4. The number of cyclic esters (lactones) is 1. The number of methoxy groups -OCH3 is 2. The molecule has 1 spiro atoms. The molecule has 4 heterocycles. The standard InChI is InChI=1S/C18H23N5O4/c1-25-15-9-14(20-17(21-15)26-2)23-6-3-18(4-7-23)10-13(27-16(18)24)11-22-8-5-19-12-22/h5,8-9,12-13H,3-4,6-7,10-11H2,1-2H3. The molecule has 4 rings (SSSR count). The molecule has 2 aromatic rings. The number of imidazole rings is 1. The van der Waals surface area contributed by atoms with Crippen molar-refractivity contribution >= 4 is 11.8 Å². The van der Waals surface area contributed by atoms with Crippen LogP contribution in [0.15, 0.2) is 24.8 Å². The zero-order valence-electron chi connectivity index (χ0n) is 15.5. The summed E-state index contributed by atoms with van der Waals surface area (Å²) in [6, 6.07) is 2.06. The lowest BCUT2D eigenvalue weighted by Gasteiger charge is -2.37. The van der Waals surface area contributed by atoms with Crippen LogP contribution in [-0.4, -0.2) is 58.9 Å². The van der Waals surface area contributed by atoms with E-state index in [1.54, 1.807) is 25.7 Å². The molecule has 0 aliphatic carbocycles. The highest BCUT2D eigenvalue weighted by molar-refractivity contribution is 5.79. The van der Waals surface area contributed by atoms with Crippen LogP contribution in [0.3, 0.4) is 0 Å². The summed E-state index contributed by atoms with van der Waals surface area (Å²) in [6.07, 6.45) is 7.48. The Bertz CT molecular complexity index is 780. The van der Waals surface area contributed by atoms with E-state index < -0.39 is 5.41 Å². The Balaban J connectivity index is 1.43. The molecule has 2 aliphatic rings. The van der Waals surface area contributed by atoms with E-state index in [2.05, 4.69) is 19.9 Å². The van der Waals surface area contributed by atoms with Gasteiger partial charge in [-0.2, -0.15) is 9.97 Å². The van der Waals surface area contributed by atoms with Crippen LogP contribution in [0.5, 0.6) is 11.9 Å².